The van der Waals surface area contributed by atoms with Crippen LogP contribution in [-0.2, 0) is 4.79 Å². The molecular formula is C29H26N8OS. The van der Waals surface area contributed by atoms with E-state index in [2.05, 4.69) is 40.8 Å². The number of aromatic nitrogens is 7. The van der Waals surface area contributed by atoms with Crippen LogP contribution in [0, 0.1) is 5.92 Å². The molecule has 1 saturated carbocycles. The molecule has 1 fully saturated rings. The zero-order chi connectivity index (χ0) is 26.2. The van der Waals surface area contributed by atoms with Gasteiger partial charge >= 0.3 is 0 Å². The highest BCUT2D eigenvalue weighted by molar-refractivity contribution is 7.08. The van der Waals surface area contributed by atoms with Crippen molar-refractivity contribution in [1.29, 1.82) is 0 Å². The molecule has 0 bridgehead atoms. The molecule has 0 atom stereocenters. The Morgan fingerprint density at radius 1 is 1.00 bits per heavy atom. The Hall–Kier alpha value is -4.44. The summed E-state index contributed by atoms with van der Waals surface area (Å²) in [6, 6.07) is 7.86. The number of H-pyrrole nitrogens is 2. The molecule has 0 aromatic carbocycles. The third-order valence-electron chi connectivity index (χ3n) is 7.38. The Labute approximate surface area is 228 Å². The number of imidazole rings is 1. The number of thiophene rings is 1. The van der Waals surface area contributed by atoms with E-state index in [4.69, 9.17) is 4.98 Å². The molecule has 10 heteroatoms. The molecule has 6 heterocycles. The number of aromatic amines is 2. The summed E-state index contributed by atoms with van der Waals surface area (Å²) < 4.78 is 0. The molecule has 9 nitrogen and oxygen atoms in total. The lowest BCUT2D eigenvalue weighted by molar-refractivity contribution is -0.117. The van der Waals surface area contributed by atoms with Gasteiger partial charge in [0.1, 0.15) is 11.2 Å². The van der Waals surface area contributed by atoms with Crippen LogP contribution in [0.25, 0.3) is 56.0 Å². The van der Waals surface area contributed by atoms with Gasteiger partial charge in [-0.05, 0) is 48.4 Å². The minimum absolute atomic E-state index is 0.0441. The van der Waals surface area contributed by atoms with E-state index in [0.717, 1.165) is 57.3 Å². The lowest BCUT2D eigenvalue weighted by Crippen LogP contribution is -2.18. The van der Waals surface area contributed by atoms with Crippen LogP contribution in [0.3, 0.4) is 0 Å². The van der Waals surface area contributed by atoms with Gasteiger partial charge in [-0.3, -0.25) is 24.8 Å². The predicted octanol–water partition coefficient (Wildman–Crippen LogP) is 6.60. The van der Waals surface area contributed by atoms with E-state index >= 15 is 0 Å². The fourth-order valence-electron chi connectivity index (χ4n) is 5.43. The Balaban J connectivity index is 1.19. The van der Waals surface area contributed by atoms with Crippen LogP contribution in [-0.4, -0.2) is 41.0 Å². The summed E-state index contributed by atoms with van der Waals surface area (Å²) in [5.41, 5.74) is 7.30. The maximum atomic E-state index is 12.7. The van der Waals surface area contributed by atoms with Crippen LogP contribution in [0.4, 0.5) is 5.69 Å². The quantitative estimate of drug-likeness (QED) is 0.221. The molecule has 1 aliphatic rings. The van der Waals surface area contributed by atoms with Crippen LogP contribution in [0.2, 0.25) is 0 Å². The summed E-state index contributed by atoms with van der Waals surface area (Å²) in [5.74, 6) is 1.18. The molecule has 194 valence electrons. The van der Waals surface area contributed by atoms with Crippen molar-refractivity contribution in [3.8, 4) is 34.0 Å². The monoisotopic (exact) mass is 534 g/mol. The second-order valence-corrected chi connectivity index (χ2v) is 10.8. The van der Waals surface area contributed by atoms with Crippen molar-refractivity contribution in [3.05, 3.63) is 59.8 Å². The van der Waals surface area contributed by atoms with Gasteiger partial charge in [-0.25, -0.2) is 4.98 Å². The fraction of sp³-hybridized carbons (Fsp3) is 0.241. The molecular weight excluding hydrogens is 508 g/mol. The van der Waals surface area contributed by atoms with Crippen molar-refractivity contribution in [2.24, 2.45) is 5.92 Å². The normalized spacial score (nSPS) is 14.3. The average molecular weight is 535 g/mol. The van der Waals surface area contributed by atoms with E-state index in [0.29, 0.717) is 29.5 Å². The van der Waals surface area contributed by atoms with Gasteiger partial charge in [0, 0.05) is 40.7 Å². The number of carbonyl (C=O) groups is 1. The van der Waals surface area contributed by atoms with Crippen LogP contribution in [0.5, 0.6) is 0 Å². The van der Waals surface area contributed by atoms with E-state index in [1.54, 1.807) is 36.1 Å². The average Bonchev–Trinajstić information content (AvgIpc) is 3.73. The SMILES string of the molecule is O=C(CC1CCCCC1)Nc1cncc(-c2cc3c(-c4nc5c(-c6ccsc6)nccc5[nH]4)n[nH]c3cn2)c1. The van der Waals surface area contributed by atoms with E-state index in [9.17, 15) is 4.79 Å². The molecule has 39 heavy (non-hydrogen) atoms. The van der Waals surface area contributed by atoms with Crippen molar-refractivity contribution in [3.63, 3.8) is 0 Å². The van der Waals surface area contributed by atoms with E-state index < -0.39 is 0 Å². The lowest BCUT2D eigenvalue weighted by Gasteiger charge is -2.20. The largest absolute Gasteiger partial charge is 0.336 e. The van der Waals surface area contributed by atoms with Gasteiger partial charge in [0.2, 0.25) is 5.91 Å². The molecule has 0 unspecified atom stereocenters. The van der Waals surface area contributed by atoms with Crippen molar-refractivity contribution < 1.29 is 4.79 Å². The van der Waals surface area contributed by atoms with E-state index in [1.165, 1.54) is 19.3 Å². The molecule has 3 N–H and O–H groups in total. The number of carbonyl (C=O) groups excluding carboxylic acids is 1. The third-order valence-corrected chi connectivity index (χ3v) is 8.07. The second-order valence-electron chi connectivity index (χ2n) is 10.1. The first-order valence-electron chi connectivity index (χ1n) is 13.2. The summed E-state index contributed by atoms with van der Waals surface area (Å²) in [5, 5.41) is 15.6. The molecule has 0 aliphatic heterocycles. The molecule has 0 spiro atoms. The van der Waals surface area contributed by atoms with Crippen molar-refractivity contribution in [2.75, 3.05) is 5.32 Å². The van der Waals surface area contributed by atoms with Gasteiger partial charge < -0.3 is 10.3 Å². The Bertz CT molecular complexity index is 1780. The first-order valence-corrected chi connectivity index (χ1v) is 14.1. The minimum Gasteiger partial charge on any atom is -0.336 e. The molecule has 7 rings (SSSR count). The number of hydrogen-bond acceptors (Lipinski definition) is 7. The highest BCUT2D eigenvalue weighted by Crippen LogP contribution is 2.32. The number of anilines is 1. The maximum absolute atomic E-state index is 12.7. The number of pyridine rings is 3. The van der Waals surface area contributed by atoms with Crippen LogP contribution in [0.15, 0.2) is 59.8 Å². The van der Waals surface area contributed by atoms with Gasteiger partial charge in [0.25, 0.3) is 0 Å². The van der Waals surface area contributed by atoms with Gasteiger partial charge in [-0.15, -0.1) is 0 Å². The van der Waals surface area contributed by atoms with Gasteiger partial charge in [0.15, 0.2) is 5.82 Å². The number of rotatable bonds is 6. The number of amides is 1. The van der Waals surface area contributed by atoms with Gasteiger partial charge in [-0.2, -0.15) is 16.4 Å². The summed E-state index contributed by atoms with van der Waals surface area (Å²) in [7, 11) is 0. The minimum atomic E-state index is 0.0441. The van der Waals surface area contributed by atoms with E-state index in [1.807, 2.05) is 29.6 Å². The summed E-state index contributed by atoms with van der Waals surface area (Å²) >= 11 is 1.63. The Morgan fingerprint density at radius 2 is 1.92 bits per heavy atom. The fourth-order valence-corrected chi connectivity index (χ4v) is 6.07. The van der Waals surface area contributed by atoms with E-state index in [-0.39, 0.29) is 5.91 Å². The lowest BCUT2D eigenvalue weighted by atomic mass is 9.87. The Morgan fingerprint density at radius 3 is 2.79 bits per heavy atom. The number of hydrogen-bond donors (Lipinski definition) is 3. The second kappa shape index (κ2) is 10.0. The highest BCUT2D eigenvalue weighted by atomic mass is 32.1. The summed E-state index contributed by atoms with van der Waals surface area (Å²) in [4.78, 5) is 34.5. The van der Waals surface area contributed by atoms with Crippen LogP contribution < -0.4 is 5.32 Å². The van der Waals surface area contributed by atoms with Gasteiger partial charge in [0.05, 0.1) is 40.5 Å². The first kappa shape index (κ1) is 23.7. The number of fused-ring (bicyclic) bond motifs is 2. The van der Waals surface area contributed by atoms with Crippen molar-refractivity contribution in [2.45, 2.75) is 38.5 Å². The summed E-state index contributed by atoms with van der Waals surface area (Å²) in [6.45, 7) is 0. The molecule has 6 aromatic heterocycles. The first-order chi connectivity index (χ1) is 19.2. The predicted molar refractivity (Wildman–Crippen MR) is 153 cm³/mol. The standard InChI is InChI=1S/C29H26N8OS/c38-25(10-17-4-2-1-3-5-17)33-20-11-19(13-30-14-20)23-12-21-24(15-32-23)36-37-27(21)29-34-22-6-8-31-26(28(22)35-29)18-7-9-39-16-18/h6-9,11-17H,1-5,10H2,(H,33,38)(H,34,35)(H,36,37). The van der Waals surface area contributed by atoms with Crippen LogP contribution >= 0.6 is 11.3 Å². The van der Waals surface area contributed by atoms with Crippen molar-refractivity contribution in [1.82, 2.24) is 35.1 Å². The zero-order valence-electron chi connectivity index (χ0n) is 21.1. The van der Waals surface area contributed by atoms with Crippen molar-refractivity contribution >= 4 is 44.9 Å². The summed E-state index contributed by atoms with van der Waals surface area (Å²) in [6.07, 6.45) is 13.5. The molecule has 6 aromatic rings. The number of nitrogens with zero attached hydrogens (tertiary/aromatic N) is 5. The zero-order valence-corrected chi connectivity index (χ0v) is 22.0. The molecule has 0 saturated heterocycles. The molecule has 1 amide bonds. The maximum Gasteiger partial charge on any atom is 0.224 e. The Kier molecular flexibility index (Phi) is 6.08. The highest BCUT2D eigenvalue weighted by Gasteiger charge is 2.19. The van der Waals surface area contributed by atoms with Gasteiger partial charge in [-0.1, -0.05) is 19.3 Å². The number of nitrogens with one attached hydrogen (secondary N) is 3. The molecule has 1 aliphatic carbocycles. The topological polar surface area (TPSA) is 125 Å². The molecule has 0 radical (unpaired) electrons. The smallest absolute Gasteiger partial charge is 0.224 e. The van der Waals surface area contributed by atoms with Crippen LogP contribution in [0.1, 0.15) is 38.5 Å². The third kappa shape index (κ3) is 4.67.